The highest BCUT2D eigenvalue weighted by Crippen LogP contribution is 2.23. The molecule has 0 atom stereocenters. The van der Waals surface area contributed by atoms with Gasteiger partial charge >= 0.3 is 0 Å². The highest BCUT2D eigenvalue weighted by molar-refractivity contribution is 7.92. The second-order valence-electron chi connectivity index (χ2n) is 7.10. The van der Waals surface area contributed by atoms with Crippen LogP contribution in [-0.2, 0) is 10.0 Å². The molecule has 3 N–H and O–H groups in total. The standard InChI is InChI=1S/C21H22ClN5O3S/c1-12-5-6-16(9-13(12)2)27-31(29,30)17-7-8-19(22)18(11-17)20(28)25-26-21-23-14(3)10-15(4)24-21/h5-11,27H,1-4H3,(H,25,28)(H,23,24,26). The summed E-state index contributed by atoms with van der Waals surface area (Å²) in [5.74, 6) is -0.418. The smallest absolute Gasteiger partial charge is 0.271 e. The van der Waals surface area contributed by atoms with E-state index >= 15 is 0 Å². The van der Waals surface area contributed by atoms with E-state index in [1.807, 2.05) is 19.9 Å². The number of rotatable bonds is 6. The predicted octanol–water partition coefficient (Wildman–Crippen LogP) is 3.92. The number of aryl methyl sites for hydroxylation is 4. The average molecular weight is 460 g/mol. The monoisotopic (exact) mass is 459 g/mol. The number of anilines is 2. The maximum absolute atomic E-state index is 12.8. The molecule has 0 radical (unpaired) electrons. The number of carbonyl (C=O) groups is 1. The van der Waals surface area contributed by atoms with Crippen LogP contribution in [0, 0.1) is 27.7 Å². The first-order valence-electron chi connectivity index (χ1n) is 9.33. The van der Waals surface area contributed by atoms with Crippen LogP contribution in [0.25, 0.3) is 0 Å². The van der Waals surface area contributed by atoms with E-state index in [1.54, 1.807) is 32.0 Å². The average Bonchev–Trinajstić information content (AvgIpc) is 2.68. The Labute approximate surface area is 186 Å². The molecule has 0 aliphatic heterocycles. The van der Waals surface area contributed by atoms with Gasteiger partial charge in [0, 0.05) is 17.1 Å². The summed E-state index contributed by atoms with van der Waals surface area (Å²) in [5.41, 5.74) is 8.93. The van der Waals surface area contributed by atoms with E-state index in [4.69, 9.17) is 11.6 Å². The molecule has 3 rings (SSSR count). The molecule has 1 amide bonds. The van der Waals surface area contributed by atoms with Gasteiger partial charge in [0.05, 0.1) is 15.5 Å². The number of nitrogens with one attached hydrogen (secondary N) is 3. The van der Waals surface area contributed by atoms with Crippen LogP contribution >= 0.6 is 11.6 Å². The number of amides is 1. The lowest BCUT2D eigenvalue weighted by molar-refractivity contribution is 0.0962. The second kappa shape index (κ2) is 8.91. The molecule has 0 fully saturated rings. The van der Waals surface area contributed by atoms with Crippen molar-refractivity contribution in [2.24, 2.45) is 0 Å². The van der Waals surface area contributed by atoms with E-state index in [2.05, 4.69) is 25.5 Å². The van der Waals surface area contributed by atoms with E-state index in [0.717, 1.165) is 22.5 Å². The van der Waals surface area contributed by atoms with Crippen LogP contribution in [0.1, 0.15) is 32.9 Å². The van der Waals surface area contributed by atoms with Crippen molar-refractivity contribution in [2.45, 2.75) is 32.6 Å². The number of hydrogen-bond donors (Lipinski definition) is 3. The van der Waals surface area contributed by atoms with Crippen molar-refractivity contribution in [3.63, 3.8) is 0 Å². The van der Waals surface area contributed by atoms with Gasteiger partial charge in [-0.25, -0.2) is 18.4 Å². The van der Waals surface area contributed by atoms with E-state index < -0.39 is 15.9 Å². The number of halogens is 1. The van der Waals surface area contributed by atoms with Crippen LogP contribution in [0.3, 0.4) is 0 Å². The molecule has 162 valence electrons. The summed E-state index contributed by atoms with van der Waals surface area (Å²) in [7, 11) is -3.93. The summed E-state index contributed by atoms with van der Waals surface area (Å²) in [6.45, 7) is 7.43. The van der Waals surface area contributed by atoms with Gasteiger partial charge in [0.15, 0.2) is 0 Å². The van der Waals surface area contributed by atoms with Crippen molar-refractivity contribution >= 4 is 39.2 Å². The minimum Gasteiger partial charge on any atom is -0.280 e. The number of hydrazine groups is 1. The summed E-state index contributed by atoms with van der Waals surface area (Å²) < 4.78 is 28.2. The van der Waals surface area contributed by atoms with Gasteiger partial charge < -0.3 is 0 Å². The summed E-state index contributed by atoms with van der Waals surface area (Å²) in [5, 5.41) is 0.103. The largest absolute Gasteiger partial charge is 0.280 e. The Bertz CT molecular complexity index is 1240. The van der Waals surface area contributed by atoms with Gasteiger partial charge in [0.1, 0.15) is 0 Å². The van der Waals surface area contributed by atoms with Crippen LogP contribution in [0.5, 0.6) is 0 Å². The van der Waals surface area contributed by atoms with Crippen molar-refractivity contribution in [2.75, 3.05) is 10.1 Å². The van der Waals surface area contributed by atoms with Crippen LogP contribution in [0.15, 0.2) is 47.4 Å². The molecule has 2 aromatic carbocycles. The minimum atomic E-state index is -3.93. The molecular weight excluding hydrogens is 438 g/mol. The highest BCUT2D eigenvalue weighted by Gasteiger charge is 2.19. The first-order valence-corrected chi connectivity index (χ1v) is 11.2. The van der Waals surface area contributed by atoms with E-state index in [9.17, 15) is 13.2 Å². The molecule has 0 unspecified atom stereocenters. The van der Waals surface area contributed by atoms with Crippen molar-refractivity contribution in [3.8, 4) is 0 Å². The van der Waals surface area contributed by atoms with Gasteiger partial charge in [-0.1, -0.05) is 17.7 Å². The molecule has 0 spiro atoms. The molecular formula is C21H22ClN5O3S. The van der Waals surface area contributed by atoms with Gasteiger partial charge in [-0.3, -0.25) is 20.4 Å². The molecule has 1 heterocycles. The SMILES string of the molecule is Cc1cc(C)nc(NNC(=O)c2cc(S(=O)(=O)Nc3ccc(C)c(C)c3)ccc2Cl)n1. The highest BCUT2D eigenvalue weighted by atomic mass is 35.5. The number of sulfonamides is 1. The zero-order valence-corrected chi connectivity index (χ0v) is 19.0. The topological polar surface area (TPSA) is 113 Å². The first kappa shape index (κ1) is 22.5. The third-order valence-corrected chi connectivity index (χ3v) is 6.23. The Kier molecular flexibility index (Phi) is 6.47. The fraction of sp³-hybridized carbons (Fsp3) is 0.190. The minimum absolute atomic E-state index is 0.0125. The molecule has 0 bridgehead atoms. The Morgan fingerprint density at radius 3 is 2.23 bits per heavy atom. The Balaban J connectivity index is 1.81. The molecule has 10 heteroatoms. The number of hydrogen-bond acceptors (Lipinski definition) is 6. The molecule has 0 saturated carbocycles. The van der Waals surface area contributed by atoms with Crippen molar-refractivity contribution in [3.05, 3.63) is 75.6 Å². The molecule has 3 aromatic rings. The first-order chi connectivity index (χ1) is 14.5. The fourth-order valence-electron chi connectivity index (χ4n) is 2.83. The zero-order valence-electron chi connectivity index (χ0n) is 17.4. The van der Waals surface area contributed by atoms with Gasteiger partial charge in [-0.2, -0.15) is 0 Å². The normalized spacial score (nSPS) is 11.1. The Morgan fingerprint density at radius 1 is 0.903 bits per heavy atom. The van der Waals surface area contributed by atoms with Crippen molar-refractivity contribution in [1.82, 2.24) is 15.4 Å². The van der Waals surface area contributed by atoms with Gasteiger partial charge in [-0.15, -0.1) is 0 Å². The number of benzene rings is 2. The third kappa shape index (κ3) is 5.50. The zero-order chi connectivity index (χ0) is 22.8. The van der Waals surface area contributed by atoms with E-state index in [-0.39, 0.29) is 21.4 Å². The molecule has 0 aliphatic carbocycles. The summed E-state index contributed by atoms with van der Waals surface area (Å²) >= 11 is 6.14. The lowest BCUT2D eigenvalue weighted by atomic mass is 10.1. The van der Waals surface area contributed by atoms with Crippen LogP contribution < -0.4 is 15.6 Å². The van der Waals surface area contributed by atoms with E-state index in [0.29, 0.717) is 5.69 Å². The molecule has 31 heavy (non-hydrogen) atoms. The van der Waals surface area contributed by atoms with Crippen LogP contribution in [-0.4, -0.2) is 24.3 Å². The predicted molar refractivity (Wildman–Crippen MR) is 121 cm³/mol. The van der Waals surface area contributed by atoms with Crippen molar-refractivity contribution < 1.29 is 13.2 Å². The van der Waals surface area contributed by atoms with E-state index in [1.165, 1.54) is 18.2 Å². The maximum atomic E-state index is 12.8. The Hall–Kier alpha value is -3.17. The summed E-state index contributed by atoms with van der Waals surface area (Å²) in [6.07, 6.45) is 0. The van der Waals surface area contributed by atoms with Crippen molar-refractivity contribution in [1.29, 1.82) is 0 Å². The maximum Gasteiger partial charge on any atom is 0.271 e. The van der Waals surface area contributed by atoms with Crippen LogP contribution in [0.4, 0.5) is 11.6 Å². The van der Waals surface area contributed by atoms with Crippen LogP contribution in [0.2, 0.25) is 5.02 Å². The second-order valence-corrected chi connectivity index (χ2v) is 9.19. The van der Waals surface area contributed by atoms with Gasteiger partial charge in [-0.05, 0) is 75.2 Å². The summed E-state index contributed by atoms with van der Waals surface area (Å²) in [4.78, 5) is 20.8. The number of nitrogens with zero attached hydrogens (tertiary/aromatic N) is 2. The lowest BCUT2D eigenvalue weighted by Crippen LogP contribution is -2.31. The molecule has 0 saturated heterocycles. The molecule has 0 aliphatic rings. The quantitative estimate of drug-likeness (QED) is 0.481. The van der Waals surface area contributed by atoms with Gasteiger partial charge in [0.25, 0.3) is 15.9 Å². The molecule has 8 nitrogen and oxygen atoms in total. The number of aromatic nitrogens is 2. The number of carbonyl (C=O) groups excluding carboxylic acids is 1. The lowest BCUT2D eigenvalue weighted by Gasteiger charge is -2.12. The molecule has 1 aromatic heterocycles. The summed E-state index contributed by atoms with van der Waals surface area (Å²) in [6, 6.07) is 10.9. The third-order valence-electron chi connectivity index (χ3n) is 4.52. The van der Waals surface area contributed by atoms with Gasteiger partial charge in [0.2, 0.25) is 5.95 Å². The fourth-order valence-corrected chi connectivity index (χ4v) is 4.11. The Morgan fingerprint density at radius 2 is 1.58 bits per heavy atom.